The van der Waals surface area contributed by atoms with Crippen molar-refractivity contribution in [3.8, 4) is 0 Å². The lowest BCUT2D eigenvalue weighted by Crippen LogP contribution is -2.25. The van der Waals surface area contributed by atoms with Gasteiger partial charge >= 0.3 is 0 Å². The fraction of sp³-hybridized carbons (Fsp3) is 0.429. The maximum Gasteiger partial charge on any atom is -0.0184 e. The normalized spacial score (nSPS) is 10.1. The van der Waals surface area contributed by atoms with Crippen LogP contribution in [0.25, 0.3) is 24.3 Å². The Morgan fingerprint density at radius 3 is 1.48 bits per heavy atom. The SMILES string of the molecule is C=Cc1cc(=C/C)/c(=C\CC)cc1C=C.CC.CC.CC. The highest BCUT2D eigenvalue weighted by Gasteiger charge is 1.95. The highest BCUT2D eigenvalue weighted by atomic mass is 14.0. The van der Waals surface area contributed by atoms with Gasteiger partial charge in [0, 0.05) is 0 Å². The largest absolute Gasteiger partial charge is 0.0984 e. The van der Waals surface area contributed by atoms with Crippen LogP contribution in [0, 0.1) is 0 Å². The number of hydrogen-bond donors (Lipinski definition) is 0. The van der Waals surface area contributed by atoms with Crippen molar-refractivity contribution >= 4 is 24.3 Å². The Labute approximate surface area is 133 Å². The molecule has 0 spiro atoms. The van der Waals surface area contributed by atoms with Crippen molar-refractivity contribution in [2.75, 3.05) is 0 Å². The summed E-state index contributed by atoms with van der Waals surface area (Å²) < 4.78 is 0. The van der Waals surface area contributed by atoms with E-state index in [4.69, 9.17) is 0 Å². The molecular formula is C21H36. The Hall–Kier alpha value is -1.56. The molecule has 0 radical (unpaired) electrons. The van der Waals surface area contributed by atoms with Gasteiger partial charge in [0.1, 0.15) is 0 Å². The van der Waals surface area contributed by atoms with Crippen LogP contribution in [-0.2, 0) is 0 Å². The van der Waals surface area contributed by atoms with Gasteiger partial charge in [-0.15, -0.1) is 0 Å². The van der Waals surface area contributed by atoms with Crippen LogP contribution in [-0.4, -0.2) is 0 Å². The van der Waals surface area contributed by atoms with Crippen molar-refractivity contribution < 1.29 is 0 Å². The van der Waals surface area contributed by atoms with Gasteiger partial charge in [0.15, 0.2) is 0 Å². The van der Waals surface area contributed by atoms with Crippen LogP contribution in [0.3, 0.4) is 0 Å². The molecule has 0 saturated carbocycles. The van der Waals surface area contributed by atoms with Gasteiger partial charge in [0.2, 0.25) is 0 Å². The van der Waals surface area contributed by atoms with E-state index in [1.54, 1.807) is 0 Å². The second-order valence-electron chi connectivity index (χ2n) is 3.42. The molecule has 21 heavy (non-hydrogen) atoms. The first-order chi connectivity index (χ1) is 10.3. The van der Waals surface area contributed by atoms with Gasteiger partial charge in [0.05, 0.1) is 0 Å². The summed E-state index contributed by atoms with van der Waals surface area (Å²) in [6.45, 7) is 23.8. The molecule has 0 saturated heterocycles. The molecule has 0 N–H and O–H groups in total. The van der Waals surface area contributed by atoms with E-state index < -0.39 is 0 Å². The second-order valence-corrected chi connectivity index (χ2v) is 3.42. The molecule has 0 aromatic heterocycles. The van der Waals surface area contributed by atoms with Crippen molar-refractivity contribution in [3.05, 3.63) is 46.9 Å². The first kappa shape index (κ1) is 24.5. The van der Waals surface area contributed by atoms with Crippen LogP contribution in [0.1, 0.15) is 72.9 Å². The number of rotatable bonds is 3. The minimum Gasteiger partial charge on any atom is -0.0984 e. The Bertz CT molecular complexity index is 475. The quantitative estimate of drug-likeness (QED) is 0.636. The zero-order valence-corrected chi connectivity index (χ0v) is 15.6. The van der Waals surface area contributed by atoms with Crippen molar-refractivity contribution in [2.45, 2.75) is 61.8 Å². The fourth-order valence-corrected chi connectivity index (χ4v) is 1.67. The summed E-state index contributed by atoms with van der Waals surface area (Å²) in [5.41, 5.74) is 2.29. The van der Waals surface area contributed by atoms with Crippen LogP contribution in [0.5, 0.6) is 0 Å². The van der Waals surface area contributed by atoms with E-state index in [0.717, 1.165) is 17.5 Å². The van der Waals surface area contributed by atoms with E-state index in [9.17, 15) is 0 Å². The Kier molecular flexibility index (Phi) is 21.5. The van der Waals surface area contributed by atoms with E-state index in [1.807, 2.05) is 53.7 Å². The van der Waals surface area contributed by atoms with Crippen LogP contribution in [0.15, 0.2) is 25.3 Å². The van der Waals surface area contributed by atoms with E-state index >= 15 is 0 Å². The molecule has 0 bridgehead atoms. The number of benzene rings is 1. The van der Waals surface area contributed by atoms with Crippen LogP contribution >= 0.6 is 0 Å². The maximum atomic E-state index is 3.82. The third kappa shape index (κ3) is 9.07. The fourth-order valence-electron chi connectivity index (χ4n) is 1.67. The topological polar surface area (TPSA) is 0 Å². The van der Waals surface area contributed by atoms with Gasteiger partial charge in [-0.2, -0.15) is 0 Å². The van der Waals surface area contributed by atoms with Gasteiger partial charge in [-0.05, 0) is 47.0 Å². The summed E-state index contributed by atoms with van der Waals surface area (Å²) in [6.07, 6.45) is 9.16. The van der Waals surface area contributed by atoms with Crippen molar-refractivity contribution in [3.63, 3.8) is 0 Å². The van der Waals surface area contributed by atoms with Crippen LogP contribution in [0.2, 0.25) is 0 Å². The molecule has 0 unspecified atom stereocenters. The molecule has 0 aliphatic carbocycles. The molecule has 1 rings (SSSR count). The van der Waals surface area contributed by atoms with E-state index in [1.165, 1.54) is 10.4 Å². The summed E-state index contributed by atoms with van der Waals surface area (Å²) in [4.78, 5) is 0. The highest BCUT2D eigenvalue weighted by Crippen LogP contribution is 2.06. The molecule has 0 aliphatic heterocycles. The highest BCUT2D eigenvalue weighted by molar-refractivity contribution is 5.64. The first-order valence-corrected chi connectivity index (χ1v) is 8.32. The molecule has 0 amide bonds. The van der Waals surface area contributed by atoms with Gasteiger partial charge in [-0.3, -0.25) is 0 Å². The molecule has 1 aromatic rings. The van der Waals surface area contributed by atoms with Crippen molar-refractivity contribution in [1.29, 1.82) is 0 Å². The van der Waals surface area contributed by atoms with Crippen LogP contribution in [0.4, 0.5) is 0 Å². The lowest BCUT2D eigenvalue weighted by Gasteiger charge is -2.01. The third-order valence-corrected chi connectivity index (χ3v) is 2.46. The smallest absolute Gasteiger partial charge is 0.0184 e. The Morgan fingerprint density at radius 1 is 0.810 bits per heavy atom. The monoisotopic (exact) mass is 288 g/mol. The average molecular weight is 289 g/mol. The molecule has 0 nitrogen and oxygen atoms in total. The standard InChI is InChI=1S/C15H18.3C2H6/c1-5-9-15-11-13(7-3)12(6-2)10-14(15)8-4;3*1-2/h6-11H,2-3,5H2,1,4H3;3*1-2H3/b14-8-,15-9-;;;. The molecule has 0 atom stereocenters. The van der Waals surface area contributed by atoms with E-state index in [0.29, 0.717) is 0 Å². The Balaban J connectivity index is -0.000000478. The predicted octanol–water partition coefficient (Wildman–Crippen LogP) is 6.04. The van der Waals surface area contributed by atoms with Gasteiger partial charge < -0.3 is 0 Å². The van der Waals surface area contributed by atoms with Gasteiger partial charge in [-0.25, -0.2) is 0 Å². The summed E-state index contributed by atoms with van der Waals surface area (Å²) in [5, 5.41) is 2.54. The number of hydrogen-bond acceptors (Lipinski definition) is 0. The summed E-state index contributed by atoms with van der Waals surface area (Å²) in [6, 6.07) is 4.33. The molecule has 120 valence electrons. The molecule has 0 heteroatoms. The van der Waals surface area contributed by atoms with Crippen LogP contribution < -0.4 is 10.4 Å². The predicted molar refractivity (Wildman–Crippen MR) is 105 cm³/mol. The third-order valence-electron chi connectivity index (χ3n) is 2.46. The zero-order valence-electron chi connectivity index (χ0n) is 15.6. The molecule has 0 heterocycles. The Morgan fingerprint density at radius 2 is 1.19 bits per heavy atom. The van der Waals surface area contributed by atoms with E-state index in [2.05, 4.69) is 51.3 Å². The second kappa shape index (κ2) is 18.4. The summed E-state index contributed by atoms with van der Waals surface area (Å²) in [5.74, 6) is 0. The van der Waals surface area contributed by atoms with Gasteiger partial charge in [-0.1, -0.05) is 85.9 Å². The lowest BCUT2D eigenvalue weighted by molar-refractivity contribution is 1.28. The maximum absolute atomic E-state index is 3.82. The molecule has 0 fully saturated rings. The molecule has 1 aromatic carbocycles. The zero-order chi connectivity index (χ0) is 17.3. The van der Waals surface area contributed by atoms with Crippen molar-refractivity contribution in [1.82, 2.24) is 0 Å². The minimum absolute atomic E-state index is 1.05. The average Bonchev–Trinajstić information content (AvgIpc) is 2.60. The first-order valence-electron chi connectivity index (χ1n) is 8.32. The van der Waals surface area contributed by atoms with Crippen molar-refractivity contribution in [2.24, 2.45) is 0 Å². The van der Waals surface area contributed by atoms with Gasteiger partial charge in [0.25, 0.3) is 0 Å². The molecular weight excluding hydrogens is 252 g/mol. The summed E-state index contributed by atoms with van der Waals surface area (Å²) >= 11 is 0. The minimum atomic E-state index is 1.05. The van der Waals surface area contributed by atoms with E-state index in [-0.39, 0.29) is 0 Å². The lowest BCUT2D eigenvalue weighted by atomic mass is 10.0. The summed E-state index contributed by atoms with van der Waals surface area (Å²) in [7, 11) is 0. The molecule has 0 aliphatic rings.